The summed E-state index contributed by atoms with van der Waals surface area (Å²) in [5.74, 6) is -0.619. The quantitative estimate of drug-likeness (QED) is 0.646. The first kappa shape index (κ1) is 22.6. The Hall–Kier alpha value is -3.59. The third-order valence-electron chi connectivity index (χ3n) is 6.21. The molecule has 0 bridgehead atoms. The number of H-pyrrole nitrogens is 1. The van der Waals surface area contributed by atoms with E-state index in [0.29, 0.717) is 43.7 Å². The van der Waals surface area contributed by atoms with Crippen molar-refractivity contribution >= 4 is 22.6 Å². The normalized spacial score (nSPS) is 15.9. The smallest absolute Gasteiger partial charge is 0.272 e. The number of nitrogens with one attached hydrogen (secondary N) is 1. The van der Waals surface area contributed by atoms with Crippen LogP contribution in [-0.4, -0.2) is 63.5 Å². The zero-order valence-corrected chi connectivity index (χ0v) is 18.0. The molecule has 0 unspecified atom stereocenters. The average Bonchev–Trinajstić information content (AvgIpc) is 3.67. The van der Waals surface area contributed by atoms with E-state index >= 15 is 0 Å². The van der Waals surface area contributed by atoms with Gasteiger partial charge in [0.2, 0.25) is 5.91 Å². The Kier molecular flexibility index (Phi) is 6.24. The van der Waals surface area contributed by atoms with Crippen LogP contribution in [0.5, 0.6) is 0 Å². The second-order valence-electron chi connectivity index (χ2n) is 8.43. The first-order valence-corrected chi connectivity index (χ1v) is 10.8. The summed E-state index contributed by atoms with van der Waals surface area (Å²) in [4.78, 5) is 40.7. The maximum absolute atomic E-state index is 14.6. The van der Waals surface area contributed by atoms with Gasteiger partial charge in [-0.05, 0) is 36.6 Å². The number of aromatic nitrogens is 2. The number of nitrogens with zero attached hydrogens (tertiary/aromatic N) is 3. The van der Waals surface area contributed by atoms with Crippen LogP contribution in [0.3, 0.4) is 0 Å². The number of amides is 2. The van der Waals surface area contributed by atoms with E-state index in [1.807, 2.05) is 12.1 Å². The highest BCUT2D eigenvalue weighted by atomic mass is 19.1. The molecule has 1 aliphatic heterocycles. The molecule has 2 amide bonds. The summed E-state index contributed by atoms with van der Waals surface area (Å²) in [6.07, 6.45) is 2.26. The minimum Gasteiger partial charge on any atom is -0.412 e. The average molecular weight is 452 g/mol. The summed E-state index contributed by atoms with van der Waals surface area (Å²) in [7, 11) is 0. The topological polar surface area (TPSA) is 118 Å². The summed E-state index contributed by atoms with van der Waals surface area (Å²) in [6, 6.07) is 11.6. The van der Waals surface area contributed by atoms with Crippen LogP contribution >= 0.6 is 0 Å². The summed E-state index contributed by atoms with van der Waals surface area (Å²) in [5.41, 5.74) is 1.12. The Labute approximate surface area is 189 Å². The molecule has 0 atom stereocenters. The van der Waals surface area contributed by atoms with Gasteiger partial charge < -0.3 is 15.3 Å². The summed E-state index contributed by atoms with van der Waals surface area (Å²) in [5, 5.41) is 7.93. The van der Waals surface area contributed by atoms with Crippen LogP contribution in [0.2, 0.25) is 0 Å². The molecule has 2 aromatic carbocycles. The van der Waals surface area contributed by atoms with Gasteiger partial charge in [-0.1, -0.05) is 24.3 Å². The Morgan fingerprint density at radius 2 is 1.67 bits per heavy atom. The Morgan fingerprint density at radius 1 is 1.00 bits per heavy atom. The fourth-order valence-electron chi connectivity index (χ4n) is 4.23. The highest BCUT2D eigenvalue weighted by Gasteiger charge is 2.35. The minimum atomic E-state index is -0.575. The molecule has 0 radical (unpaired) electrons. The number of piperazine rings is 1. The number of carbonyl (C=O) groups excluding carboxylic acids is 2. The van der Waals surface area contributed by atoms with Crippen LogP contribution in [-0.2, 0) is 11.2 Å². The van der Waals surface area contributed by atoms with Gasteiger partial charge in [0.05, 0.1) is 16.6 Å². The molecular weight excluding hydrogens is 427 g/mol. The molecule has 1 aromatic heterocycles. The first-order chi connectivity index (χ1) is 15.5. The van der Waals surface area contributed by atoms with Gasteiger partial charge >= 0.3 is 0 Å². The van der Waals surface area contributed by atoms with E-state index < -0.39 is 5.82 Å². The fourth-order valence-corrected chi connectivity index (χ4v) is 4.23. The first-order valence-electron chi connectivity index (χ1n) is 10.8. The lowest BCUT2D eigenvalue weighted by Gasteiger charge is -2.35. The lowest BCUT2D eigenvalue weighted by molar-refractivity contribution is -0.134. The van der Waals surface area contributed by atoms with Crippen molar-refractivity contribution < 1.29 is 19.5 Å². The fraction of sp³-hybridized carbons (Fsp3) is 0.333. The Bertz CT molecular complexity index is 1260. The van der Waals surface area contributed by atoms with Gasteiger partial charge in [0, 0.05) is 43.9 Å². The second-order valence-corrected chi connectivity index (χ2v) is 8.43. The predicted molar refractivity (Wildman–Crippen MR) is 120 cm³/mol. The third kappa shape index (κ3) is 4.49. The SMILES string of the molecule is O.O=C(c1cc(Cc2n[nH]c(=O)c3ccccc23)ccc1F)N1CCN(C(=O)C2CC2)CC1. The molecule has 1 aliphatic carbocycles. The summed E-state index contributed by atoms with van der Waals surface area (Å²) in [6.45, 7) is 1.76. The van der Waals surface area contributed by atoms with E-state index in [4.69, 9.17) is 0 Å². The Balaban J connectivity index is 0.00000259. The van der Waals surface area contributed by atoms with E-state index in [1.165, 1.54) is 6.07 Å². The minimum absolute atomic E-state index is 0. The molecule has 2 heterocycles. The molecule has 33 heavy (non-hydrogen) atoms. The largest absolute Gasteiger partial charge is 0.412 e. The third-order valence-corrected chi connectivity index (χ3v) is 6.21. The zero-order chi connectivity index (χ0) is 22.2. The number of hydrogen-bond acceptors (Lipinski definition) is 4. The van der Waals surface area contributed by atoms with Gasteiger partial charge in [-0.3, -0.25) is 14.4 Å². The second kappa shape index (κ2) is 9.11. The van der Waals surface area contributed by atoms with E-state index in [2.05, 4.69) is 10.2 Å². The van der Waals surface area contributed by atoms with Crippen LogP contribution < -0.4 is 5.56 Å². The number of halogens is 1. The molecule has 3 aromatic rings. The monoisotopic (exact) mass is 452 g/mol. The zero-order valence-electron chi connectivity index (χ0n) is 18.0. The summed E-state index contributed by atoms with van der Waals surface area (Å²) < 4.78 is 14.6. The van der Waals surface area contributed by atoms with Crippen molar-refractivity contribution in [2.24, 2.45) is 5.92 Å². The van der Waals surface area contributed by atoms with Crippen LogP contribution in [0.15, 0.2) is 47.3 Å². The highest BCUT2D eigenvalue weighted by molar-refractivity contribution is 5.95. The number of fused-ring (bicyclic) bond motifs is 1. The van der Waals surface area contributed by atoms with Crippen molar-refractivity contribution in [3.63, 3.8) is 0 Å². The van der Waals surface area contributed by atoms with Gasteiger partial charge in [-0.2, -0.15) is 5.10 Å². The van der Waals surface area contributed by atoms with Crippen LogP contribution in [0.4, 0.5) is 4.39 Å². The summed E-state index contributed by atoms with van der Waals surface area (Å²) >= 11 is 0. The molecule has 172 valence electrons. The molecule has 1 saturated heterocycles. The lowest BCUT2D eigenvalue weighted by atomic mass is 10.0. The maximum atomic E-state index is 14.6. The number of hydrogen-bond donors (Lipinski definition) is 1. The van der Waals surface area contributed by atoms with E-state index in [0.717, 1.165) is 23.8 Å². The molecule has 3 N–H and O–H groups in total. The molecule has 1 saturated carbocycles. The van der Waals surface area contributed by atoms with Crippen molar-refractivity contribution in [2.45, 2.75) is 19.3 Å². The molecule has 8 nitrogen and oxygen atoms in total. The standard InChI is InChI=1S/C24H23FN4O3.H2O/c25-20-8-5-15(14-21-17-3-1-2-4-18(17)22(30)27-26-21)13-19(20)24(32)29-11-9-28(10-12-29)23(31)16-6-7-16;/h1-5,8,13,16H,6-7,9-12,14H2,(H,27,30);1H2. The van der Waals surface area contributed by atoms with E-state index in [1.54, 1.807) is 34.1 Å². The number of carbonyl (C=O) groups is 2. The van der Waals surface area contributed by atoms with Crippen molar-refractivity contribution in [1.29, 1.82) is 0 Å². The number of aromatic amines is 1. The van der Waals surface area contributed by atoms with Gasteiger partial charge in [0.15, 0.2) is 0 Å². The van der Waals surface area contributed by atoms with Crippen LogP contribution in [0.25, 0.3) is 10.8 Å². The number of rotatable bonds is 4. The van der Waals surface area contributed by atoms with E-state index in [-0.39, 0.29) is 34.3 Å². The van der Waals surface area contributed by atoms with Gasteiger partial charge in [0.25, 0.3) is 11.5 Å². The lowest BCUT2D eigenvalue weighted by Crippen LogP contribution is -2.51. The molecule has 0 spiro atoms. The number of benzene rings is 2. The molecule has 2 aliphatic rings. The van der Waals surface area contributed by atoms with Gasteiger partial charge in [0.1, 0.15) is 5.82 Å². The van der Waals surface area contributed by atoms with Gasteiger partial charge in [-0.25, -0.2) is 9.49 Å². The van der Waals surface area contributed by atoms with Crippen molar-refractivity contribution in [3.8, 4) is 0 Å². The Morgan fingerprint density at radius 3 is 2.36 bits per heavy atom. The van der Waals surface area contributed by atoms with Crippen LogP contribution in [0, 0.1) is 11.7 Å². The maximum Gasteiger partial charge on any atom is 0.272 e. The predicted octanol–water partition coefficient (Wildman–Crippen LogP) is 1.52. The molecule has 5 rings (SSSR count). The molecular formula is C24H25FN4O4. The van der Waals surface area contributed by atoms with E-state index in [9.17, 15) is 18.8 Å². The molecule has 9 heteroatoms. The van der Waals surface area contributed by atoms with Crippen molar-refractivity contribution in [1.82, 2.24) is 20.0 Å². The van der Waals surface area contributed by atoms with Crippen molar-refractivity contribution in [3.05, 3.63) is 75.5 Å². The highest BCUT2D eigenvalue weighted by Crippen LogP contribution is 2.31. The van der Waals surface area contributed by atoms with Crippen molar-refractivity contribution in [2.75, 3.05) is 26.2 Å². The van der Waals surface area contributed by atoms with Crippen LogP contribution in [0.1, 0.15) is 34.5 Å². The van der Waals surface area contributed by atoms with Gasteiger partial charge in [-0.15, -0.1) is 0 Å². The molecule has 2 fully saturated rings.